The fourth-order valence-corrected chi connectivity index (χ4v) is 2.13. The first-order valence-corrected chi connectivity index (χ1v) is 6.81. The van der Waals surface area contributed by atoms with E-state index in [-0.39, 0.29) is 0 Å². The van der Waals surface area contributed by atoms with E-state index in [0.717, 1.165) is 5.92 Å². The smallest absolute Gasteiger partial charge is 0.0294 e. The molecule has 1 N–H and O–H groups in total. The molecule has 0 spiro atoms. The summed E-state index contributed by atoms with van der Waals surface area (Å²) >= 11 is 0. The first-order valence-electron chi connectivity index (χ1n) is 6.81. The second kappa shape index (κ2) is 6.80. The molecule has 0 aliphatic heterocycles. The van der Waals surface area contributed by atoms with Gasteiger partial charge in [0.15, 0.2) is 0 Å². The third-order valence-corrected chi connectivity index (χ3v) is 3.25. The topological polar surface area (TPSA) is 12.0 Å². The maximum atomic E-state index is 3.68. The Morgan fingerprint density at radius 1 is 1.06 bits per heavy atom. The summed E-state index contributed by atoms with van der Waals surface area (Å²) in [7, 11) is 0. The molecular formula is C16H27N. The van der Waals surface area contributed by atoms with E-state index in [1.807, 2.05) is 0 Å². The summed E-state index contributed by atoms with van der Waals surface area (Å²) in [6.45, 7) is 11.3. The number of benzene rings is 1. The van der Waals surface area contributed by atoms with E-state index in [4.69, 9.17) is 0 Å². The van der Waals surface area contributed by atoms with Gasteiger partial charge in [-0.05, 0) is 45.1 Å². The van der Waals surface area contributed by atoms with Crippen LogP contribution in [-0.2, 0) is 0 Å². The lowest BCUT2D eigenvalue weighted by Gasteiger charge is -2.21. The van der Waals surface area contributed by atoms with Gasteiger partial charge < -0.3 is 5.32 Å². The summed E-state index contributed by atoms with van der Waals surface area (Å²) in [6.07, 6.45) is 2.56. The Balaban J connectivity index is 2.45. The average Bonchev–Trinajstić information content (AvgIpc) is 2.26. The lowest BCUT2D eigenvalue weighted by molar-refractivity contribution is 0.417. The van der Waals surface area contributed by atoms with Crippen molar-refractivity contribution in [2.45, 2.75) is 59.5 Å². The van der Waals surface area contributed by atoms with Crippen LogP contribution in [0, 0.1) is 12.8 Å². The molecule has 0 saturated carbocycles. The van der Waals surface area contributed by atoms with Gasteiger partial charge in [-0.25, -0.2) is 0 Å². The molecule has 0 heterocycles. The first kappa shape index (κ1) is 14.2. The molecule has 0 amide bonds. The van der Waals surface area contributed by atoms with Crippen LogP contribution >= 0.6 is 0 Å². The Morgan fingerprint density at radius 2 is 1.76 bits per heavy atom. The molecule has 0 fully saturated rings. The molecule has 1 nitrogen and oxygen atoms in total. The molecule has 1 aromatic carbocycles. The third kappa shape index (κ3) is 5.36. The van der Waals surface area contributed by atoms with Crippen molar-refractivity contribution >= 4 is 0 Å². The number of aryl methyl sites for hydroxylation is 1. The molecule has 0 aliphatic rings. The van der Waals surface area contributed by atoms with Gasteiger partial charge >= 0.3 is 0 Å². The van der Waals surface area contributed by atoms with E-state index < -0.39 is 0 Å². The van der Waals surface area contributed by atoms with Crippen molar-refractivity contribution in [3.05, 3.63) is 35.4 Å². The predicted molar refractivity (Wildman–Crippen MR) is 76.3 cm³/mol. The van der Waals surface area contributed by atoms with Gasteiger partial charge in [-0.2, -0.15) is 0 Å². The molecule has 1 heteroatoms. The minimum atomic E-state index is 0.442. The van der Waals surface area contributed by atoms with Crippen molar-refractivity contribution in [1.82, 2.24) is 5.32 Å². The van der Waals surface area contributed by atoms with Gasteiger partial charge in [-0.3, -0.25) is 0 Å². The lowest BCUT2D eigenvalue weighted by atomic mass is 10.0. The van der Waals surface area contributed by atoms with Crippen molar-refractivity contribution in [2.24, 2.45) is 5.92 Å². The highest BCUT2D eigenvalue weighted by Crippen LogP contribution is 2.16. The predicted octanol–water partition coefficient (Wildman–Crippen LogP) is 4.47. The maximum absolute atomic E-state index is 3.68. The normalized spacial score (nSPS) is 14.9. The molecule has 96 valence electrons. The Kier molecular flexibility index (Phi) is 5.70. The van der Waals surface area contributed by atoms with Crippen molar-refractivity contribution in [1.29, 1.82) is 0 Å². The number of nitrogens with one attached hydrogen (secondary N) is 1. The summed E-state index contributed by atoms with van der Waals surface area (Å²) in [4.78, 5) is 0. The zero-order valence-electron chi connectivity index (χ0n) is 12.0. The molecule has 0 saturated heterocycles. The number of hydrogen-bond acceptors (Lipinski definition) is 1. The first-order chi connectivity index (χ1) is 7.99. The highest BCUT2D eigenvalue weighted by molar-refractivity contribution is 5.24. The second-order valence-electron chi connectivity index (χ2n) is 5.67. The van der Waals surface area contributed by atoms with Crippen LogP contribution in [0.4, 0.5) is 0 Å². The van der Waals surface area contributed by atoms with Crippen LogP contribution in [0.25, 0.3) is 0 Å². The van der Waals surface area contributed by atoms with E-state index in [9.17, 15) is 0 Å². The monoisotopic (exact) mass is 233 g/mol. The Bertz CT molecular complexity index is 330. The zero-order valence-corrected chi connectivity index (χ0v) is 12.0. The Hall–Kier alpha value is -0.820. The van der Waals surface area contributed by atoms with Crippen LogP contribution < -0.4 is 5.32 Å². The minimum Gasteiger partial charge on any atom is -0.308 e. The van der Waals surface area contributed by atoms with Gasteiger partial charge in [0.2, 0.25) is 0 Å². The van der Waals surface area contributed by atoms with E-state index in [0.29, 0.717) is 12.1 Å². The van der Waals surface area contributed by atoms with Gasteiger partial charge in [-0.15, -0.1) is 0 Å². The molecule has 1 unspecified atom stereocenters. The summed E-state index contributed by atoms with van der Waals surface area (Å²) in [6, 6.07) is 9.80. The van der Waals surface area contributed by atoms with E-state index in [1.54, 1.807) is 0 Å². The van der Waals surface area contributed by atoms with Crippen molar-refractivity contribution in [3.8, 4) is 0 Å². The summed E-state index contributed by atoms with van der Waals surface area (Å²) in [5, 5.41) is 3.68. The van der Waals surface area contributed by atoms with Crippen LogP contribution in [0.15, 0.2) is 24.3 Å². The second-order valence-corrected chi connectivity index (χ2v) is 5.67. The number of hydrogen-bond donors (Lipinski definition) is 1. The van der Waals surface area contributed by atoms with E-state index >= 15 is 0 Å². The molecule has 0 radical (unpaired) electrons. The fourth-order valence-electron chi connectivity index (χ4n) is 2.13. The van der Waals surface area contributed by atoms with Crippen molar-refractivity contribution in [2.75, 3.05) is 0 Å². The third-order valence-electron chi connectivity index (χ3n) is 3.25. The highest BCUT2D eigenvalue weighted by atomic mass is 14.9. The van der Waals surface area contributed by atoms with Gasteiger partial charge in [0.1, 0.15) is 0 Å². The zero-order chi connectivity index (χ0) is 12.8. The van der Waals surface area contributed by atoms with E-state index in [1.165, 1.54) is 24.0 Å². The molecule has 1 aromatic rings. The largest absolute Gasteiger partial charge is 0.308 e. The maximum Gasteiger partial charge on any atom is 0.0294 e. The Labute approximate surface area is 107 Å². The minimum absolute atomic E-state index is 0.442. The van der Waals surface area contributed by atoms with Crippen LogP contribution in [0.5, 0.6) is 0 Å². The quantitative estimate of drug-likeness (QED) is 0.764. The SMILES string of the molecule is Cc1cccc([C@@H](C)NC(C)CCC(C)C)c1. The van der Waals surface area contributed by atoms with Crippen molar-refractivity contribution < 1.29 is 0 Å². The van der Waals surface area contributed by atoms with Crippen molar-refractivity contribution in [3.63, 3.8) is 0 Å². The summed E-state index contributed by atoms with van der Waals surface area (Å²) in [5.74, 6) is 0.800. The summed E-state index contributed by atoms with van der Waals surface area (Å²) in [5.41, 5.74) is 2.73. The molecule has 0 aliphatic carbocycles. The molecular weight excluding hydrogens is 206 g/mol. The Morgan fingerprint density at radius 3 is 2.35 bits per heavy atom. The van der Waals surface area contributed by atoms with E-state index in [2.05, 4.69) is 64.2 Å². The molecule has 1 rings (SSSR count). The molecule has 2 atom stereocenters. The van der Waals surface area contributed by atoms with Gasteiger partial charge in [-0.1, -0.05) is 43.7 Å². The average molecular weight is 233 g/mol. The van der Waals surface area contributed by atoms with Crippen LogP contribution in [0.3, 0.4) is 0 Å². The van der Waals surface area contributed by atoms with Gasteiger partial charge in [0.05, 0.1) is 0 Å². The van der Waals surface area contributed by atoms with Crippen LogP contribution in [-0.4, -0.2) is 6.04 Å². The number of rotatable bonds is 6. The van der Waals surface area contributed by atoms with Crippen LogP contribution in [0.1, 0.15) is 57.7 Å². The highest BCUT2D eigenvalue weighted by Gasteiger charge is 2.09. The standard InChI is InChI=1S/C16H27N/c1-12(2)9-10-14(4)17-15(5)16-8-6-7-13(3)11-16/h6-8,11-12,14-15,17H,9-10H2,1-5H3/t14?,15-/m1/s1. The van der Waals surface area contributed by atoms with Gasteiger partial charge in [0.25, 0.3) is 0 Å². The molecule has 17 heavy (non-hydrogen) atoms. The summed E-state index contributed by atoms with van der Waals surface area (Å²) < 4.78 is 0. The van der Waals surface area contributed by atoms with Gasteiger partial charge in [0, 0.05) is 12.1 Å². The fraction of sp³-hybridized carbons (Fsp3) is 0.625. The van der Waals surface area contributed by atoms with Crippen LogP contribution in [0.2, 0.25) is 0 Å². The lowest BCUT2D eigenvalue weighted by Crippen LogP contribution is -2.29. The molecule has 0 bridgehead atoms. The molecule has 0 aromatic heterocycles.